The summed E-state index contributed by atoms with van der Waals surface area (Å²) in [6.45, 7) is 1.99. The smallest absolute Gasteiger partial charge is 0.0656 e. The predicted octanol–water partition coefficient (Wildman–Crippen LogP) is 4.36. The van der Waals surface area contributed by atoms with Crippen LogP contribution in [0.3, 0.4) is 0 Å². The molecular weight excluding hydrogens is 353 g/mol. The lowest BCUT2D eigenvalue weighted by Gasteiger charge is -2.11. The van der Waals surface area contributed by atoms with Crippen LogP contribution in [-0.4, -0.2) is 0 Å². The van der Waals surface area contributed by atoms with Crippen LogP contribution in [0.15, 0.2) is 29.6 Å². The molecule has 84 valence electrons. The van der Waals surface area contributed by atoms with Crippen LogP contribution in [0, 0.1) is 9.81 Å². The molecule has 0 fully saturated rings. The van der Waals surface area contributed by atoms with Crippen LogP contribution in [-0.2, 0) is 0 Å². The van der Waals surface area contributed by atoms with E-state index < -0.39 is 0 Å². The highest BCUT2D eigenvalue weighted by molar-refractivity contribution is 14.1. The molecule has 0 bridgehead atoms. The van der Waals surface area contributed by atoms with E-state index >= 15 is 0 Å². The summed E-state index contributed by atoms with van der Waals surface area (Å²) in [5.41, 5.74) is 9.48. The van der Waals surface area contributed by atoms with Crippen molar-refractivity contribution in [3.63, 3.8) is 0 Å². The van der Waals surface area contributed by atoms with Crippen LogP contribution in [0.5, 0.6) is 0 Å². The molecule has 1 aromatic carbocycles. The van der Waals surface area contributed by atoms with Crippen LogP contribution in [0.4, 0.5) is 0 Å². The molecule has 0 spiro atoms. The van der Waals surface area contributed by atoms with Crippen molar-refractivity contribution in [3.05, 3.63) is 54.2 Å². The average molecular weight is 364 g/mol. The molecule has 0 saturated carbocycles. The molecule has 0 aliphatic carbocycles. The van der Waals surface area contributed by atoms with E-state index in [2.05, 4.69) is 34.0 Å². The third-order valence-corrected chi connectivity index (χ3v) is 4.72. The normalized spacial score (nSPS) is 12.8. The Hall–Kier alpha value is -0.100. The third-order valence-electron chi connectivity index (χ3n) is 2.50. The summed E-state index contributed by atoms with van der Waals surface area (Å²) in [5, 5.41) is 2.87. The lowest BCUT2D eigenvalue weighted by atomic mass is 10.0. The molecule has 1 heterocycles. The number of nitrogens with two attached hydrogens (primary N) is 1. The Balaban J connectivity index is 2.33. The van der Waals surface area contributed by atoms with Gasteiger partial charge in [0.15, 0.2) is 0 Å². The summed E-state index contributed by atoms with van der Waals surface area (Å²) < 4.78 is 1.25. The van der Waals surface area contributed by atoms with Gasteiger partial charge in [0.1, 0.15) is 0 Å². The minimum atomic E-state index is -0.0853. The fourth-order valence-corrected chi connectivity index (χ4v) is 3.08. The number of hydrogen-bond acceptors (Lipinski definition) is 2. The quantitative estimate of drug-likeness (QED) is 0.788. The van der Waals surface area contributed by atoms with Gasteiger partial charge >= 0.3 is 0 Å². The highest BCUT2D eigenvalue weighted by atomic mass is 127. The second-order valence-corrected chi connectivity index (χ2v) is 6.88. The molecule has 2 N–H and O–H groups in total. The van der Waals surface area contributed by atoms with Crippen molar-refractivity contribution >= 4 is 45.5 Å². The van der Waals surface area contributed by atoms with Gasteiger partial charge in [-0.1, -0.05) is 23.7 Å². The van der Waals surface area contributed by atoms with E-state index in [1.54, 1.807) is 11.3 Å². The van der Waals surface area contributed by atoms with Gasteiger partial charge < -0.3 is 5.73 Å². The fraction of sp³-hybridized carbons (Fsp3) is 0.167. The third kappa shape index (κ3) is 2.59. The summed E-state index contributed by atoms with van der Waals surface area (Å²) in [6.07, 6.45) is 0. The van der Waals surface area contributed by atoms with Gasteiger partial charge in [-0.05, 0) is 63.7 Å². The monoisotopic (exact) mass is 363 g/mol. The zero-order valence-corrected chi connectivity index (χ0v) is 12.4. The van der Waals surface area contributed by atoms with Crippen molar-refractivity contribution in [1.82, 2.24) is 0 Å². The summed E-state index contributed by atoms with van der Waals surface area (Å²) in [5.74, 6) is 0. The van der Waals surface area contributed by atoms with Crippen LogP contribution in [0.2, 0.25) is 5.02 Å². The molecule has 1 atom stereocenters. The van der Waals surface area contributed by atoms with Gasteiger partial charge in [0, 0.05) is 5.02 Å². The van der Waals surface area contributed by atoms with Gasteiger partial charge in [0.05, 0.1) is 8.93 Å². The maximum atomic E-state index is 6.19. The molecule has 16 heavy (non-hydrogen) atoms. The number of thiophene rings is 1. The molecule has 0 aliphatic heterocycles. The molecule has 1 aromatic heterocycles. The lowest BCUT2D eigenvalue weighted by Crippen LogP contribution is -2.10. The van der Waals surface area contributed by atoms with E-state index in [0.29, 0.717) is 0 Å². The number of halogens is 2. The maximum Gasteiger partial charge on any atom is 0.0656 e. The van der Waals surface area contributed by atoms with Crippen molar-refractivity contribution in [2.45, 2.75) is 13.0 Å². The van der Waals surface area contributed by atoms with Gasteiger partial charge in [0.25, 0.3) is 0 Å². The van der Waals surface area contributed by atoms with E-state index in [1.165, 1.54) is 2.88 Å². The Kier molecular flexibility index (Phi) is 3.89. The molecule has 0 aliphatic rings. The number of hydrogen-bond donors (Lipinski definition) is 1. The molecule has 4 heteroatoms. The minimum absolute atomic E-state index is 0.0853. The maximum absolute atomic E-state index is 6.19. The Bertz CT molecular complexity index is 509. The minimum Gasteiger partial charge on any atom is -0.320 e. The van der Waals surface area contributed by atoms with E-state index in [1.807, 2.05) is 25.1 Å². The van der Waals surface area contributed by atoms with E-state index in [9.17, 15) is 0 Å². The molecule has 2 aromatic rings. The van der Waals surface area contributed by atoms with Gasteiger partial charge in [-0.25, -0.2) is 0 Å². The average Bonchev–Trinajstić information content (AvgIpc) is 2.68. The van der Waals surface area contributed by atoms with Crippen molar-refractivity contribution < 1.29 is 0 Å². The summed E-state index contributed by atoms with van der Waals surface area (Å²) >= 11 is 10.1. The highest BCUT2D eigenvalue weighted by Gasteiger charge is 2.11. The summed E-state index contributed by atoms with van der Waals surface area (Å²) in [4.78, 5) is 0. The first-order valence-corrected chi connectivity index (χ1v) is 7.17. The second kappa shape index (κ2) is 5.04. The van der Waals surface area contributed by atoms with Gasteiger partial charge in [-0.2, -0.15) is 0 Å². The van der Waals surface area contributed by atoms with Crippen molar-refractivity contribution in [3.8, 4) is 0 Å². The number of benzene rings is 1. The van der Waals surface area contributed by atoms with E-state index in [-0.39, 0.29) is 6.04 Å². The second-order valence-electron chi connectivity index (χ2n) is 3.67. The van der Waals surface area contributed by atoms with Crippen LogP contribution in [0.25, 0.3) is 0 Å². The van der Waals surface area contributed by atoms with Crippen molar-refractivity contribution in [1.29, 1.82) is 0 Å². The SMILES string of the molecule is Cc1ccc(C(N)c2csc(I)c2)cc1Cl. The molecular formula is C12H11ClINS. The summed E-state index contributed by atoms with van der Waals surface area (Å²) in [7, 11) is 0. The zero-order chi connectivity index (χ0) is 11.7. The van der Waals surface area contributed by atoms with Gasteiger partial charge in [-0.3, -0.25) is 0 Å². The molecule has 0 saturated heterocycles. The highest BCUT2D eigenvalue weighted by Crippen LogP contribution is 2.27. The van der Waals surface area contributed by atoms with Crippen molar-refractivity contribution in [2.24, 2.45) is 5.73 Å². The number of rotatable bonds is 2. The summed E-state index contributed by atoms with van der Waals surface area (Å²) in [6, 6.07) is 8.03. The number of aryl methyl sites for hydroxylation is 1. The standard InChI is InChI=1S/C12H11ClINS/c1-7-2-3-8(4-10(7)13)12(15)9-5-11(14)16-6-9/h2-6,12H,15H2,1H3. The Morgan fingerprint density at radius 3 is 2.62 bits per heavy atom. The van der Waals surface area contributed by atoms with E-state index in [4.69, 9.17) is 17.3 Å². The van der Waals surface area contributed by atoms with Crippen molar-refractivity contribution in [2.75, 3.05) is 0 Å². The Morgan fingerprint density at radius 2 is 2.06 bits per heavy atom. The Labute approximate surface area is 118 Å². The lowest BCUT2D eigenvalue weighted by molar-refractivity contribution is 0.876. The van der Waals surface area contributed by atoms with Crippen LogP contribution in [0.1, 0.15) is 22.7 Å². The Morgan fingerprint density at radius 1 is 1.31 bits per heavy atom. The largest absolute Gasteiger partial charge is 0.320 e. The van der Waals surface area contributed by atoms with Gasteiger partial charge in [0.2, 0.25) is 0 Å². The fourth-order valence-electron chi connectivity index (χ4n) is 1.48. The zero-order valence-electron chi connectivity index (χ0n) is 8.71. The van der Waals surface area contributed by atoms with Gasteiger partial charge in [-0.15, -0.1) is 11.3 Å². The molecule has 2 rings (SSSR count). The molecule has 0 amide bonds. The molecule has 1 nitrogen and oxygen atoms in total. The topological polar surface area (TPSA) is 26.0 Å². The molecule has 1 unspecified atom stereocenters. The van der Waals surface area contributed by atoms with Crippen LogP contribution < -0.4 is 5.73 Å². The molecule has 0 radical (unpaired) electrons. The van der Waals surface area contributed by atoms with E-state index in [0.717, 1.165) is 21.7 Å². The predicted molar refractivity (Wildman–Crippen MR) is 79.3 cm³/mol. The van der Waals surface area contributed by atoms with Crippen LogP contribution >= 0.6 is 45.5 Å². The first-order chi connectivity index (χ1) is 7.58. The first-order valence-electron chi connectivity index (χ1n) is 4.83. The first kappa shape index (κ1) is 12.4.